The molecule has 2 N–H and O–H groups in total. The van der Waals surface area contributed by atoms with E-state index >= 15 is 0 Å². The average Bonchev–Trinajstić information content (AvgIpc) is 2.95. The largest absolute Gasteiger partial charge is 0.339 e. The quantitative estimate of drug-likeness (QED) is 0.905. The van der Waals surface area contributed by atoms with Crippen molar-refractivity contribution in [1.29, 1.82) is 0 Å². The lowest BCUT2D eigenvalue weighted by molar-refractivity contribution is 0.142. The fourth-order valence-corrected chi connectivity index (χ4v) is 3.84. The van der Waals surface area contributed by atoms with Crippen molar-refractivity contribution < 1.29 is 4.52 Å². The lowest BCUT2D eigenvalue weighted by Crippen LogP contribution is -2.27. The van der Waals surface area contributed by atoms with Gasteiger partial charge in [-0.1, -0.05) is 37.8 Å². The van der Waals surface area contributed by atoms with Crippen LogP contribution in [0.25, 0.3) is 0 Å². The van der Waals surface area contributed by atoms with E-state index in [1.165, 1.54) is 44.9 Å². The van der Waals surface area contributed by atoms with Crippen LogP contribution >= 0.6 is 0 Å². The zero-order valence-corrected chi connectivity index (χ0v) is 11.8. The number of fused-ring (bicyclic) bond motifs is 1. The van der Waals surface area contributed by atoms with E-state index in [0.717, 1.165) is 24.1 Å². The monoisotopic (exact) mass is 263 g/mol. The van der Waals surface area contributed by atoms with Crippen molar-refractivity contribution in [2.45, 2.75) is 70.3 Å². The summed E-state index contributed by atoms with van der Waals surface area (Å²) in [5, 5.41) is 4.06. The first-order valence-corrected chi connectivity index (χ1v) is 7.87. The molecular weight excluding hydrogens is 238 g/mol. The Bertz CT molecular complexity index is 417. The second-order valence-corrected chi connectivity index (χ2v) is 6.32. The third kappa shape index (κ3) is 2.69. The molecule has 4 atom stereocenters. The Morgan fingerprint density at radius 3 is 2.79 bits per heavy atom. The summed E-state index contributed by atoms with van der Waals surface area (Å²) >= 11 is 0. The van der Waals surface area contributed by atoms with Crippen LogP contribution < -0.4 is 5.73 Å². The standard InChI is InChI=1S/C15H25N3O/c1-2-13(16)14-17-15(19-18-14)12-8-7-10-5-3-4-6-11(10)9-12/h10-13H,2-9,16H2,1H3. The van der Waals surface area contributed by atoms with E-state index in [0.29, 0.717) is 11.7 Å². The average molecular weight is 263 g/mol. The van der Waals surface area contributed by atoms with Gasteiger partial charge in [0.05, 0.1) is 6.04 Å². The van der Waals surface area contributed by atoms with Crippen LogP contribution in [0.15, 0.2) is 4.52 Å². The van der Waals surface area contributed by atoms with E-state index < -0.39 is 0 Å². The topological polar surface area (TPSA) is 64.9 Å². The molecule has 4 nitrogen and oxygen atoms in total. The molecule has 0 radical (unpaired) electrons. The first-order chi connectivity index (χ1) is 9.28. The fourth-order valence-electron chi connectivity index (χ4n) is 3.84. The van der Waals surface area contributed by atoms with Gasteiger partial charge in [-0.15, -0.1) is 0 Å². The van der Waals surface area contributed by atoms with Gasteiger partial charge in [-0.05, 0) is 37.5 Å². The SMILES string of the molecule is CCC(N)c1noc(C2CCC3CCCCC3C2)n1. The summed E-state index contributed by atoms with van der Waals surface area (Å²) in [6.45, 7) is 2.05. The molecule has 0 spiro atoms. The third-order valence-electron chi connectivity index (χ3n) is 5.12. The molecule has 0 amide bonds. The molecule has 4 unspecified atom stereocenters. The van der Waals surface area contributed by atoms with Gasteiger partial charge in [0.1, 0.15) is 0 Å². The highest BCUT2D eigenvalue weighted by atomic mass is 16.5. The normalized spacial score (nSPS) is 32.8. The highest BCUT2D eigenvalue weighted by molar-refractivity contribution is 5.00. The van der Waals surface area contributed by atoms with Gasteiger partial charge in [0, 0.05) is 5.92 Å². The second kappa shape index (κ2) is 5.61. The van der Waals surface area contributed by atoms with Gasteiger partial charge in [-0.2, -0.15) is 4.98 Å². The molecule has 2 aliphatic carbocycles. The number of hydrogen-bond donors (Lipinski definition) is 1. The molecule has 0 saturated heterocycles. The van der Waals surface area contributed by atoms with E-state index in [1.54, 1.807) is 0 Å². The Balaban J connectivity index is 1.67. The van der Waals surface area contributed by atoms with Crippen molar-refractivity contribution in [2.24, 2.45) is 17.6 Å². The molecule has 2 aliphatic rings. The van der Waals surface area contributed by atoms with Crippen molar-refractivity contribution in [1.82, 2.24) is 10.1 Å². The summed E-state index contributed by atoms with van der Waals surface area (Å²) in [7, 11) is 0. The third-order valence-corrected chi connectivity index (χ3v) is 5.12. The van der Waals surface area contributed by atoms with E-state index in [1.807, 2.05) is 6.92 Å². The lowest BCUT2D eigenvalue weighted by Gasteiger charge is -2.38. The Morgan fingerprint density at radius 2 is 2.00 bits per heavy atom. The summed E-state index contributed by atoms with van der Waals surface area (Å²) < 4.78 is 5.47. The molecule has 3 rings (SSSR count). The molecule has 2 fully saturated rings. The molecule has 1 aromatic rings. The summed E-state index contributed by atoms with van der Waals surface area (Å²) in [5.74, 6) is 3.85. The Kier molecular flexibility index (Phi) is 3.87. The van der Waals surface area contributed by atoms with Crippen LogP contribution in [0.3, 0.4) is 0 Å². The minimum atomic E-state index is -0.0801. The van der Waals surface area contributed by atoms with Gasteiger partial charge < -0.3 is 10.3 Å². The summed E-state index contributed by atoms with van der Waals surface area (Å²) in [4.78, 5) is 4.54. The van der Waals surface area contributed by atoms with Crippen LogP contribution in [-0.4, -0.2) is 10.1 Å². The van der Waals surface area contributed by atoms with Gasteiger partial charge >= 0.3 is 0 Å². The number of nitrogens with zero attached hydrogens (tertiary/aromatic N) is 2. The lowest BCUT2D eigenvalue weighted by atomic mass is 9.67. The maximum Gasteiger partial charge on any atom is 0.229 e. The molecule has 1 aromatic heterocycles. The van der Waals surface area contributed by atoms with Gasteiger partial charge in [0.15, 0.2) is 5.82 Å². The fraction of sp³-hybridized carbons (Fsp3) is 0.867. The second-order valence-electron chi connectivity index (χ2n) is 6.32. The minimum Gasteiger partial charge on any atom is -0.339 e. The van der Waals surface area contributed by atoms with Gasteiger partial charge in [0.2, 0.25) is 5.89 Å². The van der Waals surface area contributed by atoms with Crippen molar-refractivity contribution in [3.8, 4) is 0 Å². The van der Waals surface area contributed by atoms with E-state index in [2.05, 4.69) is 10.1 Å². The molecule has 106 valence electrons. The smallest absolute Gasteiger partial charge is 0.229 e. The van der Waals surface area contributed by atoms with Gasteiger partial charge in [-0.3, -0.25) is 0 Å². The molecule has 0 aromatic carbocycles. The first-order valence-electron chi connectivity index (χ1n) is 7.87. The van der Waals surface area contributed by atoms with E-state index in [9.17, 15) is 0 Å². The zero-order chi connectivity index (χ0) is 13.2. The van der Waals surface area contributed by atoms with Crippen molar-refractivity contribution in [3.63, 3.8) is 0 Å². The number of hydrogen-bond acceptors (Lipinski definition) is 4. The minimum absolute atomic E-state index is 0.0801. The van der Waals surface area contributed by atoms with Gasteiger partial charge in [-0.25, -0.2) is 0 Å². The first kappa shape index (κ1) is 13.1. The molecule has 19 heavy (non-hydrogen) atoms. The predicted octanol–water partition coefficient (Wildman–Crippen LogP) is 3.55. The van der Waals surface area contributed by atoms with Crippen LogP contribution in [0.2, 0.25) is 0 Å². The zero-order valence-electron chi connectivity index (χ0n) is 11.8. The highest BCUT2D eigenvalue weighted by Gasteiger charge is 2.35. The number of rotatable bonds is 3. The summed E-state index contributed by atoms with van der Waals surface area (Å²) in [5.41, 5.74) is 5.96. The molecule has 0 bridgehead atoms. The molecule has 0 aliphatic heterocycles. The van der Waals surface area contributed by atoms with E-state index in [-0.39, 0.29) is 6.04 Å². The number of nitrogens with two attached hydrogens (primary N) is 1. The Hall–Kier alpha value is -0.900. The van der Waals surface area contributed by atoms with Crippen molar-refractivity contribution >= 4 is 0 Å². The van der Waals surface area contributed by atoms with Crippen molar-refractivity contribution in [2.75, 3.05) is 0 Å². The Morgan fingerprint density at radius 1 is 1.21 bits per heavy atom. The van der Waals surface area contributed by atoms with Crippen LogP contribution in [-0.2, 0) is 0 Å². The van der Waals surface area contributed by atoms with Crippen LogP contribution in [0, 0.1) is 11.8 Å². The highest BCUT2D eigenvalue weighted by Crippen LogP contribution is 2.45. The Labute approximate surface area is 115 Å². The maximum atomic E-state index is 5.96. The molecule has 2 saturated carbocycles. The van der Waals surface area contributed by atoms with Crippen molar-refractivity contribution in [3.05, 3.63) is 11.7 Å². The summed E-state index contributed by atoms with van der Waals surface area (Å²) in [6.07, 6.45) is 10.3. The van der Waals surface area contributed by atoms with Crippen LogP contribution in [0.5, 0.6) is 0 Å². The maximum absolute atomic E-state index is 5.96. The number of aromatic nitrogens is 2. The molecular formula is C15H25N3O. The predicted molar refractivity (Wildman–Crippen MR) is 73.6 cm³/mol. The van der Waals surface area contributed by atoms with Gasteiger partial charge in [0.25, 0.3) is 0 Å². The molecule has 1 heterocycles. The van der Waals surface area contributed by atoms with E-state index in [4.69, 9.17) is 10.3 Å². The van der Waals surface area contributed by atoms with Crippen LogP contribution in [0.1, 0.15) is 82.0 Å². The molecule has 4 heteroatoms. The summed E-state index contributed by atoms with van der Waals surface area (Å²) in [6, 6.07) is -0.0801. The van der Waals surface area contributed by atoms with Crippen LogP contribution in [0.4, 0.5) is 0 Å².